The predicted octanol–water partition coefficient (Wildman–Crippen LogP) is -0.152. The molecule has 1 saturated heterocycles. The molecule has 12 heavy (non-hydrogen) atoms. The number of amides is 1. The van der Waals surface area contributed by atoms with Crippen molar-refractivity contribution < 1.29 is 4.79 Å². The summed E-state index contributed by atoms with van der Waals surface area (Å²) >= 11 is 0. The molecule has 0 aliphatic carbocycles. The van der Waals surface area contributed by atoms with Crippen LogP contribution in [0.1, 0.15) is 19.8 Å². The Kier molecular flexibility index (Phi) is 2.66. The highest BCUT2D eigenvalue weighted by Crippen LogP contribution is 2.19. The Morgan fingerprint density at radius 2 is 2.50 bits per heavy atom. The number of rotatable bonds is 2. The maximum Gasteiger partial charge on any atom is 0.234 e. The van der Waals surface area contributed by atoms with E-state index in [0.717, 1.165) is 19.4 Å². The Balaban J connectivity index is 2.65. The Labute approximate surface area is 71.9 Å². The third-order valence-corrected chi connectivity index (χ3v) is 2.31. The van der Waals surface area contributed by atoms with Gasteiger partial charge in [0.05, 0.1) is 18.2 Å². The van der Waals surface area contributed by atoms with Gasteiger partial charge in [-0.25, -0.2) is 0 Å². The Hall–Kier alpha value is -1.08. The first kappa shape index (κ1) is 9.01. The van der Waals surface area contributed by atoms with Crippen molar-refractivity contribution in [3.8, 4) is 6.07 Å². The fourth-order valence-electron chi connectivity index (χ4n) is 1.63. The van der Waals surface area contributed by atoms with Gasteiger partial charge in [-0.2, -0.15) is 5.26 Å². The number of likely N-dealkylation sites (tertiary alicyclic amines) is 1. The molecule has 0 bridgehead atoms. The summed E-state index contributed by atoms with van der Waals surface area (Å²) in [6, 6.07) is 1.68. The number of hydrogen-bond donors (Lipinski definition) is 1. The average Bonchev–Trinajstić information content (AvgIpc) is 2.50. The van der Waals surface area contributed by atoms with Gasteiger partial charge in [-0.1, -0.05) is 0 Å². The van der Waals surface area contributed by atoms with Crippen LogP contribution in [0.2, 0.25) is 0 Å². The average molecular weight is 167 g/mol. The first-order valence-electron chi connectivity index (χ1n) is 4.11. The molecule has 0 radical (unpaired) electrons. The third kappa shape index (κ3) is 1.56. The lowest BCUT2D eigenvalue weighted by atomic mass is 10.2. The lowest BCUT2D eigenvalue weighted by molar-refractivity contribution is -0.122. The number of nitrogens with zero attached hydrogens (tertiary/aromatic N) is 2. The summed E-state index contributed by atoms with van der Waals surface area (Å²) < 4.78 is 0. The molecule has 0 aromatic heterocycles. The normalized spacial score (nSPS) is 26.5. The van der Waals surface area contributed by atoms with E-state index in [9.17, 15) is 4.79 Å². The predicted molar refractivity (Wildman–Crippen MR) is 44.0 cm³/mol. The second kappa shape index (κ2) is 3.55. The van der Waals surface area contributed by atoms with Crippen molar-refractivity contribution in [3.05, 3.63) is 0 Å². The molecule has 2 unspecified atom stereocenters. The molecule has 1 amide bonds. The number of nitriles is 1. The summed E-state index contributed by atoms with van der Waals surface area (Å²) in [5, 5.41) is 8.65. The highest BCUT2D eigenvalue weighted by Gasteiger charge is 2.31. The summed E-state index contributed by atoms with van der Waals surface area (Å²) in [7, 11) is 0. The minimum atomic E-state index is -0.311. The van der Waals surface area contributed by atoms with Crippen molar-refractivity contribution in [1.82, 2.24) is 4.90 Å². The molecule has 4 heteroatoms. The van der Waals surface area contributed by atoms with Crippen LogP contribution in [0.4, 0.5) is 0 Å². The topological polar surface area (TPSA) is 70.1 Å². The standard InChI is InChI=1S/C8H13N3O/c1-6(5-9)11-4-2-3-7(11)8(10)12/h6-7H,2-4H2,1H3,(H2,10,12). The van der Waals surface area contributed by atoms with Crippen molar-refractivity contribution in [2.45, 2.75) is 31.8 Å². The zero-order chi connectivity index (χ0) is 9.14. The van der Waals surface area contributed by atoms with Crippen molar-refractivity contribution in [2.24, 2.45) is 5.73 Å². The smallest absolute Gasteiger partial charge is 0.234 e. The van der Waals surface area contributed by atoms with E-state index in [0.29, 0.717) is 0 Å². The van der Waals surface area contributed by atoms with Gasteiger partial charge in [0.25, 0.3) is 0 Å². The minimum absolute atomic E-state index is 0.204. The summed E-state index contributed by atoms with van der Waals surface area (Å²) in [6.07, 6.45) is 1.75. The molecule has 66 valence electrons. The third-order valence-electron chi connectivity index (χ3n) is 2.31. The van der Waals surface area contributed by atoms with Gasteiger partial charge in [0.2, 0.25) is 5.91 Å². The summed E-state index contributed by atoms with van der Waals surface area (Å²) in [5.74, 6) is -0.311. The van der Waals surface area contributed by atoms with Crippen LogP contribution in [0, 0.1) is 11.3 Å². The summed E-state index contributed by atoms with van der Waals surface area (Å²) in [5.41, 5.74) is 5.19. The number of hydrogen-bond acceptors (Lipinski definition) is 3. The number of primary amides is 1. The Morgan fingerprint density at radius 3 is 3.00 bits per heavy atom. The van der Waals surface area contributed by atoms with Crippen LogP contribution < -0.4 is 5.73 Å². The monoisotopic (exact) mass is 167 g/mol. The van der Waals surface area contributed by atoms with E-state index < -0.39 is 0 Å². The highest BCUT2D eigenvalue weighted by molar-refractivity contribution is 5.80. The molecule has 1 aliphatic heterocycles. The van der Waals surface area contributed by atoms with Crippen LogP contribution in [-0.2, 0) is 4.79 Å². The van der Waals surface area contributed by atoms with E-state index in [1.807, 2.05) is 4.90 Å². The van der Waals surface area contributed by atoms with Crippen LogP contribution in [0.25, 0.3) is 0 Å². The zero-order valence-corrected chi connectivity index (χ0v) is 7.16. The molecule has 1 aliphatic rings. The molecule has 1 fully saturated rings. The first-order chi connectivity index (χ1) is 5.66. The van der Waals surface area contributed by atoms with E-state index in [1.54, 1.807) is 6.92 Å². The van der Waals surface area contributed by atoms with E-state index in [4.69, 9.17) is 11.0 Å². The van der Waals surface area contributed by atoms with E-state index >= 15 is 0 Å². The summed E-state index contributed by atoms with van der Waals surface area (Å²) in [6.45, 7) is 2.60. The molecule has 4 nitrogen and oxygen atoms in total. The van der Waals surface area contributed by atoms with Crippen LogP contribution >= 0.6 is 0 Å². The molecular weight excluding hydrogens is 154 g/mol. The van der Waals surface area contributed by atoms with Crippen molar-refractivity contribution in [3.63, 3.8) is 0 Å². The fraction of sp³-hybridized carbons (Fsp3) is 0.750. The molecule has 0 aromatic carbocycles. The maximum atomic E-state index is 10.9. The zero-order valence-electron chi connectivity index (χ0n) is 7.16. The van der Waals surface area contributed by atoms with Gasteiger partial charge in [-0.15, -0.1) is 0 Å². The van der Waals surface area contributed by atoms with Gasteiger partial charge in [-0.3, -0.25) is 9.69 Å². The number of nitrogens with two attached hydrogens (primary N) is 1. The molecule has 1 rings (SSSR count). The first-order valence-corrected chi connectivity index (χ1v) is 4.11. The van der Waals surface area contributed by atoms with Crippen molar-refractivity contribution in [1.29, 1.82) is 5.26 Å². The molecule has 0 spiro atoms. The molecule has 0 saturated carbocycles. The maximum absolute atomic E-state index is 10.9. The lowest BCUT2D eigenvalue weighted by Crippen LogP contribution is -2.44. The lowest BCUT2D eigenvalue weighted by Gasteiger charge is -2.23. The summed E-state index contributed by atoms with van der Waals surface area (Å²) in [4.78, 5) is 12.8. The van der Waals surface area contributed by atoms with Crippen LogP contribution in [0.15, 0.2) is 0 Å². The highest BCUT2D eigenvalue weighted by atomic mass is 16.1. The second-order valence-electron chi connectivity index (χ2n) is 3.10. The van der Waals surface area contributed by atoms with Crippen molar-refractivity contribution in [2.75, 3.05) is 6.54 Å². The Morgan fingerprint density at radius 1 is 1.83 bits per heavy atom. The fourth-order valence-corrected chi connectivity index (χ4v) is 1.63. The van der Waals surface area contributed by atoms with Gasteiger partial charge in [-0.05, 0) is 19.8 Å². The molecular formula is C8H13N3O. The van der Waals surface area contributed by atoms with Gasteiger partial charge in [0.1, 0.15) is 0 Å². The van der Waals surface area contributed by atoms with Gasteiger partial charge >= 0.3 is 0 Å². The Bertz CT molecular complexity index is 221. The molecule has 1 heterocycles. The van der Waals surface area contributed by atoms with E-state index in [1.165, 1.54) is 0 Å². The number of carbonyl (C=O) groups is 1. The number of carbonyl (C=O) groups excluding carboxylic acids is 1. The molecule has 0 aromatic rings. The van der Waals surface area contributed by atoms with Crippen LogP contribution in [-0.4, -0.2) is 29.4 Å². The van der Waals surface area contributed by atoms with Gasteiger partial charge in [0, 0.05) is 6.54 Å². The van der Waals surface area contributed by atoms with E-state index in [2.05, 4.69) is 6.07 Å². The quantitative estimate of drug-likeness (QED) is 0.621. The van der Waals surface area contributed by atoms with Crippen LogP contribution in [0.5, 0.6) is 0 Å². The SMILES string of the molecule is CC(C#N)N1CCCC1C(N)=O. The van der Waals surface area contributed by atoms with Gasteiger partial charge < -0.3 is 5.73 Å². The van der Waals surface area contributed by atoms with Crippen molar-refractivity contribution >= 4 is 5.91 Å². The molecule has 2 atom stereocenters. The minimum Gasteiger partial charge on any atom is -0.368 e. The largest absolute Gasteiger partial charge is 0.368 e. The van der Waals surface area contributed by atoms with E-state index in [-0.39, 0.29) is 18.0 Å². The van der Waals surface area contributed by atoms with Crippen LogP contribution in [0.3, 0.4) is 0 Å². The second-order valence-corrected chi connectivity index (χ2v) is 3.10. The van der Waals surface area contributed by atoms with Gasteiger partial charge in [0.15, 0.2) is 0 Å². The molecule has 2 N–H and O–H groups in total.